The molecule has 2 heterocycles. The van der Waals surface area contributed by atoms with Crippen LogP contribution in [0.2, 0.25) is 0 Å². The maximum atomic E-state index is 13.3. The lowest BCUT2D eigenvalue weighted by Crippen LogP contribution is -2.32. The average molecular weight is 438 g/mol. The fourth-order valence-corrected chi connectivity index (χ4v) is 4.56. The van der Waals surface area contributed by atoms with Gasteiger partial charge < -0.3 is 19.1 Å². The molecule has 0 amide bonds. The second kappa shape index (κ2) is 7.85. The van der Waals surface area contributed by atoms with Gasteiger partial charge in [0.1, 0.15) is 0 Å². The molecular weight excluding hydrogens is 410 g/mol. The first-order valence-corrected chi connectivity index (χ1v) is 11.0. The maximum absolute atomic E-state index is 13.3. The largest absolute Gasteiger partial charge is 0.439 e. The number of carbonyl (C=O) groups is 1. The van der Waals surface area contributed by atoms with Crippen LogP contribution in [0.15, 0.2) is 91.1 Å². The van der Waals surface area contributed by atoms with Crippen molar-refractivity contribution in [3.8, 4) is 5.69 Å². The third kappa shape index (κ3) is 3.28. The molecule has 0 N–H and O–H groups in total. The van der Waals surface area contributed by atoms with Gasteiger partial charge in [-0.15, -0.1) is 0 Å². The second-order valence-corrected chi connectivity index (χ2v) is 8.74. The summed E-state index contributed by atoms with van der Waals surface area (Å²) in [5.74, 6) is -0.314. The van der Waals surface area contributed by atoms with Crippen LogP contribution in [0.1, 0.15) is 27.2 Å². The summed E-state index contributed by atoms with van der Waals surface area (Å²) in [5.41, 5.74) is 5.25. The highest BCUT2D eigenvalue weighted by Crippen LogP contribution is 2.48. The van der Waals surface area contributed by atoms with E-state index < -0.39 is 5.60 Å². The molecule has 5 heteroatoms. The molecule has 1 atom stereocenters. The summed E-state index contributed by atoms with van der Waals surface area (Å²) in [4.78, 5) is 17.3. The van der Waals surface area contributed by atoms with E-state index in [9.17, 15) is 4.79 Å². The number of ether oxygens (including phenoxy) is 1. The Bertz CT molecular complexity index is 1310. The Morgan fingerprint density at radius 1 is 0.758 bits per heavy atom. The standard InChI is InChI=1S/C28H27N3O2/c1-29(2)21-14-12-20(13-15-21)28(26-11-8-18-31(26)22-9-6-5-7-10-22)25-17-16-23(30(3)4)19-24(25)27(32)33-28/h5-19H,1-4H3. The van der Waals surface area contributed by atoms with Gasteiger partial charge in [-0.2, -0.15) is 0 Å². The van der Waals surface area contributed by atoms with Crippen LogP contribution in [0.4, 0.5) is 11.4 Å². The van der Waals surface area contributed by atoms with Crippen LogP contribution in [0.25, 0.3) is 5.69 Å². The third-order valence-electron chi connectivity index (χ3n) is 6.30. The summed E-state index contributed by atoms with van der Waals surface area (Å²) < 4.78 is 8.45. The Hall–Kier alpha value is -3.99. The lowest BCUT2D eigenvalue weighted by Gasteiger charge is -2.31. The summed E-state index contributed by atoms with van der Waals surface area (Å²) in [6, 6.07) is 28.4. The normalized spacial score (nSPS) is 16.9. The smallest absolute Gasteiger partial charge is 0.340 e. The topological polar surface area (TPSA) is 37.7 Å². The number of benzene rings is 3. The molecule has 5 rings (SSSR count). The minimum atomic E-state index is -1.05. The minimum absolute atomic E-state index is 0.314. The first-order chi connectivity index (χ1) is 15.9. The van der Waals surface area contributed by atoms with Gasteiger partial charge in [0.15, 0.2) is 0 Å². The fraction of sp³-hybridized carbons (Fsp3) is 0.179. The molecule has 33 heavy (non-hydrogen) atoms. The quantitative estimate of drug-likeness (QED) is 0.409. The zero-order valence-corrected chi connectivity index (χ0v) is 19.3. The summed E-state index contributed by atoms with van der Waals surface area (Å²) in [7, 11) is 7.96. The number of hydrogen-bond acceptors (Lipinski definition) is 4. The number of nitrogens with zero attached hydrogens (tertiary/aromatic N) is 3. The molecular formula is C28H27N3O2. The van der Waals surface area contributed by atoms with Crippen molar-refractivity contribution in [1.82, 2.24) is 4.57 Å². The van der Waals surface area contributed by atoms with Crippen LogP contribution in [0.5, 0.6) is 0 Å². The van der Waals surface area contributed by atoms with Crippen LogP contribution < -0.4 is 9.80 Å². The molecule has 1 aliphatic heterocycles. The van der Waals surface area contributed by atoms with Crippen molar-refractivity contribution in [2.45, 2.75) is 5.60 Å². The monoisotopic (exact) mass is 437 g/mol. The van der Waals surface area contributed by atoms with Crippen LogP contribution in [-0.4, -0.2) is 38.7 Å². The Labute approximate surface area is 194 Å². The second-order valence-electron chi connectivity index (χ2n) is 8.74. The van der Waals surface area contributed by atoms with Gasteiger partial charge in [-0.1, -0.05) is 36.4 Å². The van der Waals surface area contributed by atoms with E-state index in [1.165, 1.54) is 0 Å². The number of cyclic esters (lactones) is 1. The van der Waals surface area contributed by atoms with E-state index in [-0.39, 0.29) is 5.97 Å². The van der Waals surface area contributed by atoms with E-state index in [0.29, 0.717) is 5.56 Å². The molecule has 1 unspecified atom stereocenters. The van der Waals surface area contributed by atoms with Crippen LogP contribution in [0.3, 0.4) is 0 Å². The summed E-state index contributed by atoms with van der Waals surface area (Å²) in [5, 5.41) is 0. The first kappa shape index (κ1) is 20.9. The van der Waals surface area contributed by atoms with E-state index in [0.717, 1.165) is 33.9 Å². The van der Waals surface area contributed by atoms with Gasteiger partial charge in [0.25, 0.3) is 0 Å². The Kier molecular flexibility index (Phi) is 4.97. The highest BCUT2D eigenvalue weighted by atomic mass is 16.6. The van der Waals surface area contributed by atoms with Gasteiger partial charge >= 0.3 is 5.97 Å². The molecule has 1 aliphatic rings. The molecule has 0 bridgehead atoms. The van der Waals surface area contributed by atoms with Gasteiger partial charge in [0.2, 0.25) is 5.60 Å². The van der Waals surface area contributed by atoms with Crippen LogP contribution in [-0.2, 0) is 10.3 Å². The number of fused-ring (bicyclic) bond motifs is 1. The molecule has 5 nitrogen and oxygen atoms in total. The maximum Gasteiger partial charge on any atom is 0.340 e. The molecule has 166 valence electrons. The van der Waals surface area contributed by atoms with Crippen LogP contribution >= 0.6 is 0 Å². The van der Waals surface area contributed by atoms with Crippen molar-refractivity contribution >= 4 is 17.3 Å². The third-order valence-corrected chi connectivity index (χ3v) is 6.30. The average Bonchev–Trinajstić information content (AvgIpc) is 3.43. The molecule has 4 aromatic rings. The van der Waals surface area contributed by atoms with Crippen LogP contribution in [0, 0.1) is 0 Å². The lowest BCUT2D eigenvalue weighted by atomic mass is 9.82. The van der Waals surface area contributed by atoms with Crippen molar-refractivity contribution in [1.29, 1.82) is 0 Å². The highest BCUT2D eigenvalue weighted by Gasteiger charge is 2.50. The van der Waals surface area contributed by atoms with Gasteiger partial charge in [0.05, 0.1) is 11.3 Å². The number of hydrogen-bond donors (Lipinski definition) is 0. The van der Waals surface area contributed by atoms with E-state index in [4.69, 9.17) is 4.74 Å². The van der Waals surface area contributed by atoms with Crippen molar-refractivity contribution in [2.24, 2.45) is 0 Å². The summed E-state index contributed by atoms with van der Waals surface area (Å²) in [6.07, 6.45) is 2.01. The molecule has 0 aliphatic carbocycles. The van der Waals surface area contributed by atoms with E-state index >= 15 is 0 Å². The van der Waals surface area contributed by atoms with Gasteiger partial charge in [0, 0.05) is 62.6 Å². The zero-order chi connectivity index (χ0) is 23.2. The highest BCUT2D eigenvalue weighted by molar-refractivity contribution is 5.97. The Morgan fingerprint density at radius 2 is 1.42 bits per heavy atom. The van der Waals surface area contributed by atoms with Gasteiger partial charge in [-0.25, -0.2) is 4.79 Å². The SMILES string of the molecule is CN(C)c1ccc(C2(c3cccn3-c3ccccc3)OC(=O)c3cc(N(C)C)ccc32)cc1. The Balaban J connectivity index is 1.78. The molecule has 0 spiro atoms. The van der Waals surface area contributed by atoms with E-state index in [1.807, 2.05) is 87.8 Å². The van der Waals surface area contributed by atoms with Crippen molar-refractivity contribution in [2.75, 3.05) is 38.0 Å². The van der Waals surface area contributed by atoms with Gasteiger partial charge in [-0.05, 0) is 48.5 Å². The minimum Gasteiger partial charge on any atom is -0.439 e. The number of anilines is 2. The molecule has 0 fully saturated rings. The Morgan fingerprint density at radius 3 is 2.09 bits per heavy atom. The number of para-hydroxylation sites is 1. The number of carbonyl (C=O) groups excluding carboxylic acids is 1. The van der Waals surface area contributed by atoms with Crippen molar-refractivity contribution in [3.63, 3.8) is 0 Å². The molecule has 0 saturated carbocycles. The fourth-order valence-electron chi connectivity index (χ4n) is 4.56. The molecule has 0 saturated heterocycles. The van der Waals surface area contributed by atoms with E-state index in [2.05, 4.69) is 45.9 Å². The number of esters is 1. The first-order valence-electron chi connectivity index (χ1n) is 11.0. The number of aromatic nitrogens is 1. The van der Waals surface area contributed by atoms with Crippen molar-refractivity contribution < 1.29 is 9.53 Å². The predicted octanol–water partition coefficient (Wildman–Crippen LogP) is 5.07. The van der Waals surface area contributed by atoms with Crippen molar-refractivity contribution in [3.05, 3.63) is 114 Å². The lowest BCUT2D eigenvalue weighted by molar-refractivity contribution is 0.0234. The van der Waals surface area contributed by atoms with Gasteiger partial charge in [-0.3, -0.25) is 0 Å². The van der Waals surface area contributed by atoms with E-state index in [1.54, 1.807) is 0 Å². The molecule has 3 aromatic carbocycles. The molecule has 1 aromatic heterocycles. The summed E-state index contributed by atoms with van der Waals surface area (Å²) in [6.45, 7) is 0. The predicted molar refractivity (Wildman–Crippen MR) is 133 cm³/mol. The molecule has 0 radical (unpaired) electrons. The summed E-state index contributed by atoms with van der Waals surface area (Å²) >= 11 is 0. The number of rotatable bonds is 5. The zero-order valence-electron chi connectivity index (χ0n) is 19.3.